The van der Waals surface area contributed by atoms with Crippen molar-refractivity contribution in [2.45, 2.75) is 83.0 Å². The van der Waals surface area contributed by atoms with Gasteiger partial charge < -0.3 is 14.2 Å². The van der Waals surface area contributed by atoms with E-state index in [9.17, 15) is 0 Å². The third-order valence-electron chi connectivity index (χ3n) is 8.30. The summed E-state index contributed by atoms with van der Waals surface area (Å²) in [4.78, 5) is 0. The molecule has 27 heavy (non-hydrogen) atoms. The highest BCUT2D eigenvalue weighted by Crippen LogP contribution is 2.61. The lowest BCUT2D eigenvalue weighted by Gasteiger charge is -2.51. The van der Waals surface area contributed by atoms with Crippen LogP contribution in [0.3, 0.4) is 0 Å². The first kappa shape index (κ1) is 18.0. The van der Waals surface area contributed by atoms with E-state index < -0.39 is 0 Å². The fourth-order valence-corrected chi connectivity index (χ4v) is 6.86. The minimum absolute atomic E-state index is 0.0524. The lowest BCUT2D eigenvalue weighted by atomic mass is 9.55. The van der Waals surface area contributed by atoms with Crippen molar-refractivity contribution < 1.29 is 14.2 Å². The van der Waals surface area contributed by atoms with Gasteiger partial charge in [-0.1, -0.05) is 13.0 Å². The van der Waals surface area contributed by atoms with Crippen LogP contribution in [0.1, 0.15) is 75.3 Å². The molecule has 3 fully saturated rings. The Morgan fingerprint density at radius 3 is 2.81 bits per heavy atom. The van der Waals surface area contributed by atoms with E-state index in [0.29, 0.717) is 11.5 Å². The highest BCUT2D eigenvalue weighted by atomic mass is 16.7. The zero-order valence-corrected chi connectivity index (χ0v) is 16.9. The molecule has 2 saturated carbocycles. The molecule has 1 aromatic rings. The maximum atomic E-state index is 6.57. The standard InChI is InChI=1S/C24H34O3/c1-24-13-12-19-18-9-7-17(25-2)15-16(18)6-8-20(19)21(24)10-11-22(24)27-23-5-3-4-14-26-23/h7,9,15,19-23H,3-6,8,10-14H2,1-2H3/t19-,20-,21+,22+,23-,24+/m1/s1. The van der Waals surface area contributed by atoms with Crippen molar-refractivity contribution in [3.63, 3.8) is 0 Å². The van der Waals surface area contributed by atoms with E-state index in [1.165, 1.54) is 56.9 Å². The first-order valence-corrected chi connectivity index (χ1v) is 11.1. The number of ether oxygens (including phenoxy) is 3. The molecular weight excluding hydrogens is 336 g/mol. The maximum absolute atomic E-state index is 6.57. The molecule has 3 nitrogen and oxygen atoms in total. The quantitative estimate of drug-likeness (QED) is 0.707. The van der Waals surface area contributed by atoms with Gasteiger partial charge in [0.15, 0.2) is 6.29 Å². The van der Waals surface area contributed by atoms with Gasteiger partial charge in [-0.05, 0) is 104 Å². The summed E-state index contributed by atoms with van der Waals surface area (Å²) in [5.41, 5.74) is 3.47. The Morgan fingerprint density at radius 1 is 1.07 bits per heavy atom. The summed E-state index contributed by atoms with van der Waals surface area (Å²) in [6.07, 6.45) is 11.7. The van der Waals surface area contributed by atoms with Crippen molar-refractivity contribution in [3.05, 3.63) is 29.3 Å². The van der Waals surface area contributed by atoms with E-state index in [4.69, 9.17) is 14.2 Å². The van der Waals surface area contributed by atoms with Crippen molar-refractivity contribution in [1.82, 2.24) is 0 Å². The van der Waals surface area contributed by atoms with Crippen LogP contribution in [0.5, 0.6) is 5.75 Å². The molecule has 1 aliphatic heterocycles. The molecule has 3 heteroatoms. The van der Waals surface area contributed by atoms with Gasteiger partial charge in [-0.15, -0.1) is 0 Å². The summed E-state index contributed by atoms with van der Waals surface area (Å²) >= 11 is 0. The molecule has 5 rings (SSSR count). The zero-order chi connectivity index (χ0) is 18.4. The number of benzene rings is 1. The maximum Gasteiger partial charge on any atom is 0.157 e. The molecule has 1 saturated heterocycles. The van der Waals surface area contributed by atoms with Gasteiger partial charge in [-0.2, -0.15) is 0 Å². The van der Waals surface area contributed by atoms with E-state index in [1.807, 2.05) is 0 Å². The number of aryl methyl sites for hydroxylation is 1. The van der Waals surface area contributed by atoms with E-state index in [2.05, 4.69) is 25.1 Å². The normalized spacial score (nSPS) is 40.7. The predicted molar refractivity (Wildman–Crippen MR) is 106 cm³/mol. The molecule has 0 N–H and O–H groups in total. The molecule has 4 aliphatic rings. The Morgan fingerprint density at radius 2 is 2.00 bits per heavy atom. The molecule has 148 valence electrons. The van der Waals surface area contributed by atoms with Crippen LogP contribution in [-0.2, 0) is 15.9 Å². The fraction of sp³-hybridized carbons (Fsp3) is 0.750. The lowest BCUT2D eigenvalue weighted by Crippen LogP contribution is -2.46. The van der Waals surface area contributed by atoms with Crippen LogP contribution in [0.25, 0.3) is 0 Å². The smallest absolute Gasteiger partial charge is 0.157 e. The third kappa shape index (κ3) is 3.02. The topological polar surface area (TPSA) is 27.7 Å². The predicted octanol–water partition coefficient (Wildman–Crippen LogP) is 5.46. The largest absolute Gasteiger partial charge is 0.497 e. The molecule has 0 radical (unpaired) electrons. The number of hydrogen-bond acceptors (Lipinski definition) is 3. The van der Waals surface area contributed by atoms with E-state index in [-0.39, 0.29) is 6.29 Å². The summed E-state index contributed by atoms with van der Waals surface area (Å²) in [6.45, 7) is 3.40. The summed E-state index contributed by atoms with van der Waals surface area (Å²) in [6, 6.07) is 6.79. The molecule has 0 amide bonds. The first-order chi connectivity index (χ1) is 13.2. The van der Waals surface area contributed by atoms with Gasteiger partial charge in [-0.25, -0.2) is 0 Å². The summed E-state index contributed by atoms with van der Waals surface area (Å²) in [5.74, 6) is 3.38. The van der Waals surface area contributed by atoms with Crippen molar-refractivity contribution in [1.29, 1.82) is 0 Å². The Bertz CT molecular complexity index is 680. The van der Waals surface area contributed by atoms with Crippen molar-refractivity contribution in [3.8, 4) is 5.75 Å². The number of hydrogen-bond donors (Lipinski definition) is 0. The van der Waals surface area contributed by atoms with Crippen LogP contribution in [0.4, 0.5) is 0 Å². The van der Waals surface area contributed by atoms with E-state index in [1.54, 1.807) is 12.7 Å². The van der Waals surface area contributed by atoms with Crippen LogP contribution in [0, 0.1) is 17.3 Å². The molecule has 0 aromatic heterocycles. The van der Waals surface area contributed by atoms with Gasteiger partial charge in [-0.3, -0.25) is 0 Å². The minimum Gasteiger partial charge on any atom is -0.497 e. The second-order valence-electron chi connectivity index (χ2n) is 9.52. The van der Waals surface area contributed by atoms with Gasteiger partial charge in [0, 0.05) is 6.61 Å². The first-order valence-electron chi connectivity index (χ1n) is 11.1. The molecule has 1 aromatic carbocycles. The fourth-order valence-electron chi connectivity index (χ4n) is 6.86. The molecule has 0 unspecified atom stereocenters. The van der Waals surface area contributed by atoms with Crippen molar-refractivity contribution >= 4 is 0 Å². The monoisotopic (exact) mass is 370 g/mol. The van der Waals surface area contributed by atoms with Crippen molar-refractivity contribution in [2.24, 2.45) is 17.3 Å². The molecule has 1 heterocycles. The van der Waals surface area contributed by atoms with Crippen LogP contribution in [0.15, 0.2) is 18.2 Å². The Labute approximate surface area is 163 Å². The van der Waals surface area contributed by atoms with Gasteiger partial charge in [0.2, 0.25) is 0 Å². The highest BCUT2D eigenvalue weighted by Gasteiger charge is 2.55. The Kier molecular flexibility index (Phi) is 4.72. The summed E-state index contributed by atoms with van der Waals surface area (Å²) < 4.78 is 17.9. The number of methoxy groups -OCH3 is 1. The van der Waals surface area contributed by atoms with Gasteiger partial charge in [0.05, 0.1) is 13.2 Å². The third-order valence-corrected chi connectivity index (χ3v) is 8.30. The van der Waals surface area contributed by atoms with Gasteiger partial charge in [0.25, 0.3) is 0 Å². The Balaban J connectivity index is 1.35. The molecule has 0 bridgehead atoms. The minimum atomic E-state index is 0.0524. The second kappa shape index (κ2) is 7.08. The average Bonchev–Trinajstić information content (AvgIpc) is 3.04. The molecule has 6 atom stereocenters. The van der Waals surface area contributed by atoms with Crippen LogP contribution >= 0.6 is 0 Å². The molecule has 0 spiro atoms. The molecule has 3 aliphatic carbocycles. The molecular formula is C24H34O3. The summed E-state index contributed by atoms with van der Waals surface area (Å²) in [7, 11) is 1.77. The van der Waals surface area contributed by atoms with Crippen LogP contribution in [0.2, 0.25) is 0 Å². The van der Waals surface area contributed by atoms with Crippen LogP contribution in [-0.4, -0.2) is 26.1 Å². The zero-order valence-electron chi connectivity index (χ0n) is 16.9. The van der Waals surface area contributed by atoms with Crippen molar-refractivity contribution in [2.75, 3.05) is 13.7 Å². The van der Waals surface area contributed by atoms with E-state index in [0.717, 1.165) is 36.5 Å². The van der Waals surface area contributed by atoms with Gasteiger partial charge in [0.1, 0.15) is 5.75 Å². The second-order valence-corrected chi connectivity index (χ2v) is 9.52. The highest BCUT2D eigenvalue weighted by molar-refractivity contribution is 5.40. The SMILES string of the molecule is COc1ccc2c(c1)CC[C@@H]1[C@@H]2CC[C@]2(C)[C@@H](O[C@@H]3CCCCO3)CC[C@@H]12. The van der Waals surface area contributed by atoms with E-state index >= 15 is 0 Å². The average molecular weight is 371 g/mol. The van der Waals surface area contributed by atoms with Crippen LogP contribution < -0.4 is 4.74 Å². The Hall–Kier alpha value is -1.06. The number of fused-ring (bicyclic) bond motifs is 5. The number of rotatable bonds is 3. The summed E-state index contributed by atoms with van der Waals surface area (Å²) in [5, 5.41) is 0. The lowest BCUT2D eigenvalue weighted by molar-refractivity contribution is -0.212. The van der Waals surface area contributed by atoms with Gasteiger partial charge >= 0.3 is 0 Å².